The summed E-state index contributed by atoms with van der Waals surface area (Å²) in [5, 5.41) is 9.43. The van der Waals surface area contributed by atoms with Crippen LogP contribution in [0.1, 0.15) is 37.2 Å². The van der Waals surface area contributed by atoms with Crippen LogP contribution in [-0.2, 0) is 25.8 Å². The van der Waals surface area contributed by atoms with Crippen LogP contribution in [0.25, 0.3) is 0 Å². The lowest BCUT2D eigenvalue weighted by molar-refractivity contribution is -0.138. The van der Waals surface area contributed by atoms with E-state index in [2.05, 4.69) is 0 Å². The molecule has 0 spiro atoms. The van der Waals surface area contributed by atoms with E-state index in [1.807, 2.05) is 6.08 Å². The summed E-state index contributed by atoms with van der Waals surface area (Å²) in [6.45, 7) is 1.34. The highest BCUT2D eigenvalue weighted by molar-refractivity contribution is 6.23. The molecule has 7 heteroatoms. The Kier molecular flexibility index (Phi) is 4.08. The zero-order valence-electron chi connectivity index (χ0n) is 16.7. The first-order chi connectivity index (χ1) is 14.3. The van der Waals surface area contributed by atoms with Gasteiger partial charge in [0.2, 0.25) is 11.8 Å². The zero-order valence-corrected chi connectivity index (χ0v) is 16.7. The van der Waals surface area contributed by atoms with Crippen molar-refractivity contribution in [1.82, 2.24) is 4.90 Å². The minimum Gasteiger partial charge on any atom is -0.463 e. The lowest BCUT2D eigenvalue weighted by Crippen LogP contribution is -2.39. The van der Waals surface area contributed by atoms with Crippen LogP contribution >= 0.6 is 0 Å². The standard InChI is InChI=1S/C23H21NO6/c1-10-7-16(26)15-8-14-12(4-5-13-18(14)23(29)24(2)22(13)28)19(20(15)21(10)27)17-6-3-11(9-25)30-17/h3-4,6-7,13-14,18-19,25H,5,8-9H2,1-2H3. The first-order valence-corrected chi connectivity index (χ1v) is 10.0. The third-order valence-electron chi connectivity index (χ3n) is 6.91. The fourth-order valence-electron chi connectivity index (χ4n) is 5.48. The van der Waals surface area contributed by atoms with Crippen molar-refractivity contribution in [3.05, 3.63) is 58.1 Å². The van der Waals surface area contributed by atoms with Crippen molar-refractivity contribution in [2.45, 2.75) is 32.3 Å². The Morgan fingerprint density at radius 3 is 2.60 bits per heavy atom. The molecule has 7 nitrogen and oxygen atoms in total. The number of furan rings is 1. The minimum atomic E-state index is -0.603. The van der Waals surface area contributed by atoms with E-state index in [4.69, 9.17) is 4.42 Å². The molecule has 4 unspecified atom stereocenters. The van der Waals surface area contributed by atoms with Crippen molar-refractivity contribution < 1.29 is 28.7 Å². The van der Waals surface area contributed by atoms with Crippen molar-refractivity contribution >= 4 is 23.4 Å². The highest BCUT2D eigenvalue weighted by Gasteiger charge is 2.55. The van der Waals surface area contributed by atoms with Crippen LogP contribution < -0.4 is 0 Å². The van der Waals surface area contributed by atoms with E-state index in [-0.39, 0.29) is 42.3 Å². The van der Waals surface area contributed by atoms with Crippen LogP contribution in [0.5, 0.6) is 0 Å². The Balaban J connectivity index is 1.70. The molecular formula is C23H21NO6. The van der Waals surface area contributed by atoms with E-state index in [0.29, 0.717) is 34.7 Å². The summed E-state index contributed by atoms with van der Waals surface area (Å²) < 4.78 is 5.80. The summed E-state index contributed by atoms with van der Waals surface area (Å²) in [4.78, 5) is 52.6. The highest BCUT2D eigenvalue weighted by Crippen LogP contribution is 2.55. The molecule has 0 radical (unpaired) electrons. The lowest BCUT2D eigenvalue weighted by Gasteiger charge is -2.41. The fourth-order valence-corrected chi connectivity index (χ4v) is 5.48. The number of hydrogen-bond acceptors (Lipinski definition) is 6. The number of imide groups is 1. The second-order valence-corrected chi connectivity index (χ2v) is 8.43. The van der Waals surface area contributed by atoms with Crippen molar-refractivity contribution in [3.8, 4) is 0 Å². The van der Waals surface area contributed by atoms with Gasteiger partial charge in [0.1, 0.15) is 18.1 Å². The number of likely N-dealkylation sites (tertiary alicyclic amines) is 1. The number of rotatable bonds is 2. The third-order valence-corrected chi connectivity index (χ3v) is 6.91. The second-order valence-electron chi connectivity index (χ2n) is 8.43. The number of ketones is 2. The predicted molar refractivity (Wildman–Crippen MR) is 104 cm³/mol. The molecule has 1 N–H and O–H groups in total. The Hall–Kier alpha value is -3.06. The van der Waals surface area contributed by atoms with E-state index in [9.17, 15) is 24.3 Å². The van der Waals surface area contributed by atoms with Gasteiger partial charge in [-0.15, -0.1) is 0 Å². The molecule has 1 aliphatic heterocycles. The summed E-state index contributed by atoms with van der Waals surface area (Å²) in [6, 6.07) is 3.34. The van der Waals surface area contributed by atoms with E-state index < -0.39 is 17.8 Å². The number of aliphatic hydroxyl groups is 1. The Morgan fingerprint density at radius 1 is 1.13 bits per heavy atom. The number of amides is 2. The van der Waals surface area contributed by atoms with Gasteiger partial charge < -0.3 is 9.52 Å². The molecule has 0 saturated carbocycles. The molecule has 1 saturated heterocycles. The van der Waals surface area contributed by atoms with Crippen LogP contribution in [0, 0.1) is 17.8 Å². The van der Waals surface area contributed by atoms with E-state index >= 15 is 0 Å². The molecule has 2 amide bonds. The molecule has 1 fully saturated rings. The maximum atomic E-state index is 13.1. The van der Waals surface area contributed by atoms with E-state index in [1.54, 1.807) is 19.1 Å². The third kappa shape index (κ3) is 2.41. The SMILES string of the molecule is CC1=CC(=O)C2=C(C1=O)C(c1ccc(CO)o1)C1=CCC3C(=O)N(C)C(=O)C3C1C2. The maximum absolute atomic E-state index is 13.1. The van der Waals surface area contributed by atoms with E-state index in [1.165, 1.54) is 18.0 Å². The van der Waals surface area contributed by atoms with Gasteiger partial charge in [-0.25, -0.2) is 0 Å². The van der Waals surface area contributed by atoms with Gasteiger partial charge in [0, 0.05) is 23.8 Å². The van der Waals surface area contributed by atoms with Crippen LogP contribution in [0.2, 0.25) is 0 Å². The number of carbonyl (C=O) groups excluding carboxylic acids is 4. The lowest BCUT2D eigenvalue weighted by atomic mass is 9.60. The molecule has 3 aliphatic carbocycles. The largest absolute Gasteiger partial charge is 0.463 e. The number of hydrogen-bond donors (Lipinski definition) is 1. The van der Waals surface area contributed by atoms with Gasteiger partial charge in [-0.3, -0.25) is 24.1 Å². The molecule has 4 aliphatic rings. The molecule has 1 aromatic heterocycles. The zero-order chi connectivity index (χ0) is 21.3. The predicted octanol–water partition coefficient (Wildman–Crippen LogP) is 1.83. The molecule has 1 aromatic rings. The minimum absolute atomic E-state index is 0.195. The summed E-state index contributed by atoms with van der Waals surface area (Å²) in [5.74, 6) is -1.97. The molecule has 0 aromatic carbocycles. The number of fused-ring (bicyclic) bond motifs is 3. The Bertz CT molecular complexity index is 1120. The Labute approximate surface area is 172 Å². The van der Waals surface area contributed by atoms with E-state index in [0.717, 1.165) is 5.57 Å². The molecule has 0 bridgehead atoms. The van der Waals surface area contributed by atoms with Gasteiger partial charge in [0.05, 0.1) is 17.8 Å². The van der Waals surface area contributed by atoms with Crippen LogP contribution in [0.15, 0.2) is 51.0 Å². The smallest absolute Gasteiger partial charge is 0.233 e. The summed E-state index contributed by atoms with van der Waals surface area (Å²) >= 11 is 0. The summed E-state index contributed by atoms with van der Waals surface area (Å²) in [5.41, 5.74) is 2.01. The van der Waals surface area contributed by atoms with Gasteiger partial charge in [0.25, 0.3) is 0 Å². The normalized spacial score (nSPS) is 30.8. The molecule has 2 heterocycles. The molecule has 154 valence electrons. The first-order valence-electron chi connectivity index (χ1n) is 10.0. The molecule has 5 rings (SSSR count). The number of aliphatic hydroxyl groups excluding tert-OH is 1. The number of allylic oxidation sites excluding steroid dienone is 6. The van der Waals surface area contributed by atoms with Gasteiger partial charge >= 0.3 is 0 Å². The van der Waals surface area contributed by atoms with Gasteiger partial charge in [-0.2, -0.15) is 0 Å². The monoisotopic (exact) mass is 407 g/mol. The van der Waals surface area contributed by atoms with Gasteiger partial charge in [0.15, 0.2) is 11.6 Å². The number of carbonyl (C=O) groups is 4. The van der Waals surface area contributed by atoms with Crippen LogP contribution in [-0.4, -0.2) is 40.4 Å². The maximum Gasteiger partial charge on any atom is 0.233 e. The van der Waals surface area contributed by atoms with Crippen LogP contribution in [0.4, 0.5) is 0 Å². The average molecular weight is 407 g/mol. The topological polar surface area (TPSA) is 105 Å². The summed E-state index contributed by atoms with van der Waals surface area (Å²) in [6.07, 6.45) is 3.96. The average Bonchev–Trinajstić information content (AvgIpc) is 3.30. The first kappa shape index (κ1) is 18.9. The Morgan fingerprint density at radius 2 is 1.90 bits per heavy atom. The number of Topliss-reactive ketones (excluding diaryl/α,β-unsaturated/α-hetero) is 1. The molecule has 30 heavy (non-hydrogen) atoms. The van der Waals surface area contributed by atoms with Crippen molar-refractivity contribution in [2.75, 3.05) is 7.05 Å². The van der Waals surface area contributed by atoms with Crippen molar-refractivity contribution in [1.29, 1.82) is 0 Å². The van der Waals surface area contributed by atoms with Crippen molar-refractivity contribution in [3.63, 3.8) is 0 Å². The number of nitrogens with zero attached hydrogens (tertiary/aromatic N) is 1. The van der Waals surface area contributed by atoms with Gasteiger partial charge in [-0.1, -0.05) is 11.6 Å². The second kappa shape index (κ2) is 6.47. The molecule has 4 atom stereocenters. The fraction of sp³-hybridized carbons (Fsp3) is 0.391. The quantitative estimate of drug-likeness (QED) is 0.456. The molecular weight excluding hydrogens is 386 g/mol. The van der Waals surface area contributed by atoms with Gasteiger partial charge in [-0.05, 0) is 43.9 Å². The van der Waals surface area contributed by atoms with Crippen LogP contribution in [0.3, 0.4) is 0 Å². The summed E-state index contributed by atoms with van der Waals surface area (Å²) in [7, 11) is 1.50. The van der Waals surface area contributed by atoms with Crippen molar-refractivity contribution in [2.24, 2.45) is 17.8 Å². The highest BCUT2D eigenvalue weighted by atomic mass is 16.4.